The van der Waals surface area contributed by atoms with Gasteiger partial charge in [0.25, 0.3) is 0 Å². The number of hydrogen-bond acceptors (Lipinski definition) is 5. The SMILES string of the molecule is CN1CCCC[C@H]1CC(=O)N1CCN(c2ccc3nccn3n2)CC1. The number of likely N-dealkylation sites (tertiary alicyclic amines) is 1. The third-order valence-corrected chi connectivity index (χ3v) is 5.53. The van der Waals surface area contributed by atoms with Crippen LogP contribution in [0, 0.1) is 0 Å². The largest absolute Gasteiger partial charge is 0.352 e. The van der Waals surface area contributed by atoms with Crippen molar-refractivity contribution >= 4 is 17.4 Å². The van der Waals surface area contributed by atoms with E-state index in [1.807, 2.05) is 23.2 Å². The van der Waals surface area contributed by atoms with Gasteiger partial charge in [0.05, 0.1) is 0 Å². The summed E-state index contributed by atoms with van der Waals surface area (Å²) in [5.74, 6) is 1.25. The number of anilines is 1. The molecular formula is C18H26N6O. The van der Waals surface area contributed by atoms with Gasteiger partial charge in [0.15, 0.2) is 5.65 Å². The first-order chi connectivity index (χ1) is 12.2. The van der Waals surface area contributed by atoms with Crippen molar-refractivity contribution in [2.75, 3.05) is 44.7 Å². The zero-order chi connectivity index (χ0) is 17.2. The molecule has 4 rings (SSSR count). The first-order valence-electron chi connectivity index (χ1n) is 9.24. The van der Waals surface area contributed by atoms with Crippen LogP contribution < -0.4 is 4.90 Å². The van der Waals surface area contributed by atoms with Crippen molar-refractivity contribution in [3.05, 3.63) is 24.5 Å². The summed E-state index contributed by atoms with van der Waals surface area (Å²) in [7, 11) is 2.15. The summed E-state index contributed by atoms with van der Waals surface area (Å²) in [5.41, 5.74) is 0.856. The summed E-state index contributed by atoms with van der Waals surface area (Å²) in [6, 6.07) is 4.42. The van der Waals surface area contributed by atoms with Crippen LogP contribution in [0.25, 0.3) is 5.65 Å². The van der Waals surface area contributed by atoms with Gasteiger partial charge in [0.2, 0.25) is 5.91 Å². The van der Waals surface area contributed by atoms with E-state index in [-0.39, 0.29) is 0 Å². The maximum absolute atomic E-state index is 12.6. The molecule has 2 saturated heterocycles. The molecule has 0 radical (unpaired) electrons. The van der Waals surface area contributed by atoms with Gasteiger partial charge in [-0.3, -0.25) is 4.79 Å². The minimum Gasteiger partial charge on any atom is -0.352 e. The van der Waals surface area contributed by atoms with Crippen molar-refractivity contribution < 1.29 is 4.79 Å². The molecular weight excluding hydrogens is 316 g/mol. The highest BCUT2D eigenvalue weighted by molar-refractivity contribution is 5.77. The Kier molecular flexibility index (Phi) is 4.57. The highest BCUT2D eigenvalue weighted by Gasteiger charge is 2.27. The molecule has 2 aromatic heterocycles. The first-order valence-corrected chi connectivity index (χ1v) is 9.24. The number of nitrogens with zero attached hydrogens (tertiary/aromatic N) is 6. The van der Waals surface area contributed by atoms with Crippen LogP contribution in [0.3, 0.4) is 0 Å². The molecule has 0 aromatic carbocycles. The first kappa shape index (κ1) is 16.3. The van der Waals surface area contributed by atoms with Gasteiger partial charge in [-0.15, -0.1) is 5.10 Å². The molecule has 25 heavy (non-hydrogen) atoms. The van der Waals surface area contributed by atoms with Crippen molar-refractivity contribution in [2.45, 2.75) is 31.7 Å². The Morgan fingerprint density at radius 3 is 2.80 bits per heavy atom. The lowest BCUT2D eigenvalue weighted by atomic mass is 9.99. The molecule has 1 amide bonds. The fraction of sp³-hybridized carbons (Fsp3) is 0.611. The average Bonchev–Trinajstić information content (AvgIpc) is 3.11. The van der Waals surface area contributed by atoms with E-state index in [0.717, 1.165) is 50.6 Å². The predicted molar refractivity (Wildman–Crippen MR) is 96.7 cm³/mol. The van der Waals surface area contributed by atoms with E-state index in [1.54, 1.807) is 10.7 Å². The molecule has 0 N–H and O–H groups in total. The molecule has 2 aliphatic rings. The number of fused-ring (bicyclic) bond motifs is 1. The van der Waals surface area contributed by atoms with E-state index >= 15 is 0 Å². The van der Waals surface area contributed by atoms with Gasteiger partial charge in [0.1, 0.15) is 5.82 Å². The molecule has 2 aromatic rings. The highest BCUT2D eigenvalue weighted by atomic mass is 16.2. The third kappa shape index (κ3) is 3.46. The molecule has 7 nitrogen and oxygen atoms in total. The van der Waals surface area contributed by atoms with E-state index in [1.165, 1.54) is 12.8 Å². The second-order valence-electron chi connectivity index (χ2n) is 7.12. The van der Waals surface area contributed by atoms with Crippen LogP contribution in [0.15, 0.2) is 24.5 Å². The maximum Gasteiger partial charge on any atom is 0.224 e. The van der Waals surface area contributed by atoms with Crippen LogP contribution in [0.5, 0.6) is 0 Å². The number of piperidine rings is 1. The third-order valence-electron chi connectivity index (χ3n) is 5.53. The molecule has 0 bridgehead atoms. The Bertz CT molecular complexity index is 736. The minimum atomic E-state index is 0.302. The van der Waals surface area contributed by atoms with E-state index < -0.39 is 0 Å². The quantitative estimate of drug-likeness (QED) is 0.840. The van der Waals surface area contributed by atoms with Crippen molar-refractivity contribution in [3.63, 3.8) is 0 Å². The topological polar surface area (TPSA) is 57.0 Å². The lowest BCUT2D eigenvalue weighted by molar-refractivity contribution is -0.133. The lowest BCUT2D eigenvalue weighted by Crippen LogP contribution is -2.50. The van der Waals surface area contributed by atoms with Gasteiger partial charge in [-0.05, 0) is 38.6 Å². The number of rotatable bonds is 3. The lowest BCUT2D eigenvalue weighted by Gasteiger charge is -2.37. The Morgan fingerprint density at radius 2 is 2.00 bits per heavy atom. The second kappa shape index (κ2) is 7.00. The van der Waals surface area contributed by atoms with E-state index in [9.17, 15) is 4.79 Å². The van der Waals surface area contributed by atoms with Crippen LogP contribution in [0.2, 0.25) is 0 Å². The van der Waals surface area contributed by atoms with Gasteiger partial charge in [-0.2, -0.15) is 0 Å². The molecule has 1 atom stereocenters. The fourth-order valence-corrected chi connectivity index (χ4v) is 3.89. The van der Waals surface area contributed by atoms with E-state index in [0.29, 0.717) is 18.4 Å². The van der Waals surface area contributed by atoms with Gasteiger partial charge in [-0.1, -0.05) is 6.42 Å². The van der Waals surface area contributed by atoms with E-state index in [2.05, 4.69) is 26.9 Å². The minimum absolute atomic E-state index is 0.302. The van der Waals surface area contributed by atoms with Crippen LogP contribution in [-0.4, -0.2) is 76.1 Å². The summed E-state index contributed by atoms with van der Waals surface area (Å²) < 4.78 is 1.80. The number of piperazine rings is 1. The summed E-state index contributed by atoms with van der Waals surface area (Å²) in [6.45, 7) is 4.34. The molecule has 2 aliphatic heterocycles. The Labute approximate surface area is 148 Å². The number of aromatic nitrogens is 3. The van der Waals surface area contributed by atoms with Gasteiger partial charge >= 0.3 is 0 Å². The number of hydrogen-bond donors (Lipinski definition) is 0. The van der Waals surface area contributed by atoms with Crippen LogP contribution >= 0.6 is 0 Å². The summed E-state index contributed by atoms with van der Waals surface area (Å²) in [5, 5.41) is 4.60. The maximum atomic E-state index is 12.6. The molecule has 2 fully saturated rings. The van der Waals surface area contributed by atoms with Gasteiger partial charge in [0, 0.05) is 51.0 Å². The van der Waals surface area contributed by atoms with Crippen LogP contribution in [0.4, 0.5) is 5.82 Å². The summed E-state index contributed by atoms with van der Waals surface area (Å²) in [6.07, 6.45) is 7.93. The number of carbonyl (C=O) groups is 1. The Morgan fingerprint density at radius 1 is 1.16 bits per heavy atom. The van der Waals surface area contributed by atoms with Gasteiger partial charge in [-0.25, -0.2) is 9.50 Å². The summed E-state index contributed by atoms with van der Waals surface area (Å²) >= 11 is 0. The Hall–Kier alpha value is -2.15. The van der Waals surface area contributed by atoms with Crippen LogP contribution in [0.1, 0.15) is 25.7 Å². The van der Waals surface area contributed by atoms with Gasteiger partial charge < -0.3 is 14.7 Å². The smallest absolute Gasteiger partial charge is 0.224 e. The van der Waals surface area contributed by atoms with E-state index in [4.69, 9.17) is 0 Å². The molecule has 0 unspecified atom stereocenters. The predicted octanol–water partition coefficient (Wildman–Crippen LogP) is 1.25. The average molecular weight is 342 g/mol. The fourth-order valence-electron chi connectivity index (χ4n) is 3.89. The normalized spacial score (nSPS) is 22.5. The molecule has 4 heterocycles. The second-order valence-corrected chi connectivity index (χ2v) is 7.12. The van der Waals surface area contributed by atoms with Crippen molar-refractivity contribution in [1.29, 1.82) is 0 Å². The monoisotopic (exact) mass is 342 g/mol. The zero-order valence-corrected chi connectivity index (χ0v) is 14.8. The molecule has 7 heteroatoms. The number of amides is 1. The number of imidazole rings is 1. The van der Waals surface area contributed by atoms with Crippen LogP contribution in [-0.2, 0) is 4.79 Å². The molecule has 134 valence electrons. The zero-order valence-electron chi connectivity index (χ0n) is 14.8. The number of carbonyl (C=O) groups excluding carboxylic acids is 1. The van der Waals surface area contributed by atoms with Crippen molar-refractivity contribution in [2.24, 2.45) is 0 Å². The summed E-state index contributed by atoms with van der Waals surface area (Å²) in [4.78, 5) is 23.5. The standard InChI is InChI=1S/C18H26N6O/c1-21-8-3-2-4-15(21)14-18(25)23-12-10-22(11-13-23)17-6-5-16-19-7-9-24(16)20-17/h5-7,9,15H,2-4,8,10-14H2,1H3/t15-/m0/s1. The molecule has 0 saturated carbocycles. The molecule has 0 aliphatic carbocycles. The Balaban J connectivity index is 1.33. The molecule has 0 spiro atoms. The van der Waals surface area contributed by atoms with Crippen molar-refractivity contribution in [1.82, 2.24) is 24.4 Å². The van der Waals surface area contributed by atoms with Crippen molar-refractivity contribution in [3.8, 4) is 0 Å². The highest BCUT2D eigenvalue weighted by Crippen LogP contribution is 2.20.